The van der Waals surface area contributed by atoms with Gasteiger partial charge in [-0.15, -0.1) is 0 Å². The number of pyridine rings is 4. The second kappa shape index (κ2) is 22.0. The monoisotopic (exact) mass is 1150 g/mol. The van der Waals surface area contributed by atoms with Crippen molar-refractivity contribution in [3.63, 3.8) is 0 Å². The van der Waals surface area contributed by atoms with Gasteiger partial charge in [-0.1, -0.05) is 88.3 Å². The molecule has 10 heterocycles. The predicted octanol–water partition coefficient (Wildman–Crippen LogP) is 9.33. The summed E-state index contributed by atoms with van der Waals surface area (Å²) in [5.41, 5.74) is 4.12. The molecule has 0 radical (unpaired) electrons. The summed E-state index contributed by atoms with van der Waals surface area (Å²) >= 11 is 13.9. The smallest absolute Gasteiger partial charge is 0.355 e. The lowest BCUT2D eigenvalue weighted by atomic mass is 10.0. The van der Waals surface area contributed by atoms with Crippen molar-refractivity contribution < 1.29 is 27.8 Å². The zero-order valence-electron chi connectivity index (χ0n) is 45.8. The van der Waals surface area contributed by atoms with Crippen molar-refractivity contribution in [2.45, 2.75) is 65.5 Å². The van der Waals surface area contributed by atoms with Crippen LogP contribution < -0.4 is 30.7 Å². The topological polar surface area (TPSA) is 187 Å². The van der Waals surface area contributed by atoms with Gasteiger partial charge in [-0.2, -0.15) is 9.97 Å². The van der Waals surface area contributed by atoms with E-state index >= 15 is 8.78 Å². The van der Waals surface area contributed by atoms with Gasteiger partial charge < -0.3 is 29.1 Å². The van der Waals surface area contributed by atoms with Crippen LogP contribution in [-0.2, 0) is 9.59 Å². The lowest BCUT2D eigenvalue weighted by molar-refractivity contribution is -0.127. The van der Waals surface area contributed by atoms with Crippen molar-refractivity contribution in [1.29, 1.82) is 0 Å². The lowest BCUT2D eigenvalue weighted by Gasteiger charge is -2.40. The third-order valence-electron chi connectivity index (χ3n) is 15.2. The molecule has 2 saturated heterocycles. The summed E-state index contributed by atoms with van der Waals surface area (Å²) in [5.74, 6) is -0.178. The third-order valence-corrected chi connectivity index (χ3v) is 15.9. The number of benzene rings is 2. The van der Waals surface area contributed by atoms with E-state index < -0.39 is 23.0 Å². The molecule has 420 valence electrons. The van der Waals surface area contributed by atoms with Gasteiger partial charge >= 0.3 is 11.4 Å². The first-order chi connectivity index (χ1) is 39.4. The molecule has 0 N–H and O–H groups in total. The van der Waals surface area contributed by atoms with Crippen molar-refractivity contribution in [2.75, 3.05) is 62.3 Å². The first kappa shape index (κ1) is 55.3. The molecule has 0 unspecified atom stereocenters. The molecule has 4 aliphatic rings. The van der Waals surface area contributed by atoms with E-state index in [9.17, 15) is 19.2 Å². The van der Waals surface area contributed by atoms with Crippen LogP contribution in [0.4, 0.5) is 20.4 Å². The molecule has 12 rings (SSSR count). The highest BCUT2D eigenvalue weighted by Gasteiger charge is 2.40. The second-order valence-electron chi connectivity index (χ2n) is 21.0. The summed E-state index contributed by atoms with van der Waals surface area (Å²) in [5, 5.41) is 1.11. The molecule has 2 amide bonds. The number of amides is 2. The van der Waals surface area contributed by atoms with Crippen LogP contribution in [0.2, 0.25) is 10.0 Å². The number of ether oxygens (including phenoxy) is 2. The summed E-state index contributed by atoms with van der Waals surface area (Å²) in [6.07, 6.45) is 5.97. The van der Waals surface area contributed by atoms with Gasteiger partial charge in [-0.25, -0.2) is 37.5 Å². The fourth-order valence-corrected chi connectivity index (χ4v) is 11.8. The molecule has 82 heavy (non-hydrogen) atoms. The molecule has 0 bridgehead atoms. The van der Waals surface area contributed by atoms with Crippen LogP contribution >= 0.6 is 23.2 Å². The van der Waals surface area contributed by atoms with Crippen LogP contribution in [0.1, 0.15) is 62.0 Å². The highest BCUT2D eigenvalue weighted by Crippen LogP contribution is 2.48. The summed E-state index contributed by atoms with van der Waals surface area (Å²) < 4.78 is 45.8. The fraction of sp³-hybridized carbons (Fsp3) is 0.300. The quantitative estimate of drug-likeness (QED) is 0.131. The first-order valence-corrected chi connectivity index (χ1v) is 27.5. The Balaban J connectivity index is 0.000000172. The van der Waals surface area contributed by atoms with E-state index in [1.807, 2.05) is 63.5 Å². The summed E-state index contributed by atoms with van der Waals surface area (Å²) in [4.78, 5) is 88.2. The molecule has 0 aliphatic carbocycles. The van der Waals surface area contributed by atoms with Crippen LogP contribution in [0.5, 0.6) is 11.5 Å². The maximum absolute atomic E-state index is 15.1. The first-order valence-electron chi connectivity index (χ1n) is 26.8. The highest BCUT2D eigenvalue weighted by atomic mass is 35.5. The number of anilines is 2. The number of nitrogens with zero attached hydrogens (tertiary/aromatic N) is 12. The number of carbonyl (C=O) groups excluding carboxylic acids is 2. The Hall–Kier alpha value is -8.62. The Kier molecular flexibility index (Phi) is 14.9. The number of aromatic nitrogens is 8. The van der Waals surface area contributed by atoms with Crippen LogP contribution in [0, 0.1) is 25.5 Å². The minimum atomic E-state index is -0.559. The molecule has 2 atom stereocenters. The van der Waals surface area contributed by atoms with E-state index in [-0.39, 0.29) is 104 Å². The number of hydrogen-bond acceptors (Lipinski definition) is 14. The van der Waals surface area contributed by atoms with E-state index in [1.54, 1.807) is 58.6 Å². The van der Waals surface area contributed by atoms with Gasteiger partial charge in [0.15, 0.2) is 22.8 Å². The number of piperazine rings is 2. The minimum absolute atomic E-state index is 0.0175. The number of carbonyl (C=O) groups is 2. The molecule has 2 fully saturated rings. The van der Waals surface area contributed by atoms with Crippen molar-refractivity contribution >= 4 is 68.7 Å². The molecular weight excluding hydrogens is 1090 g/mol. The van der Waals surface area contributed by atoms with E-state index in [1.165, 1.54) is 33.4 Å². The predicted molar refractivity (Wildman–Crippen MR) is 311 cm³/mol. The van der Waals surface area contributed by atoms with Crippen LogP contribution in [0.15, 0.2) is 108 Å². The maximum atomic E-state index is 15.1. The molecule has 18 nitrogen and oxygen atoms in total. The summed E-state index contributed by atoms with van der Waals surface area (Å²) in [7, 11) is 0. The average molecular weight is 1150 g/mol. The van der Waals surface area contributed by atoms with Gasteiger partial charge in [0.25, 0.3) is 0 Å². The fourth-order valence-electron chi connectivity index (χ4n) is 11.3. The van der Waals surface area contributed by atoms with E-state index in [0.29, 0.717) is 84.4 Å². The van der Waals surface area contributed by atoms with Gasteiger partial charge in [0, 0.05) is 62.8 Å². The number of halogens is 4. The zero-order valence-corrected chi connectivity index (χ0v) is 47.3. The Bertz CT molecular complexity index is 3840. The molecule has 0 saturated carbocycles. The Labute approximate surface area is 479 Å². The number of hydrogen-bond donors (Lipinski definition) is 0. The van der Waals surface area contributed by atoms with E-state index in [4.69, 9.17) is 42.6 Å². The molecule has 0 spiro atoms. The van der Waals surface area contributed by atoms with Gasteiger partial charge in [-0.05, 0) is 85.4 Å². The van der Waals surface area contributed by atoms with Crippen LogP contribution in [0.3, 0.4) is 0 Å². The van der Waals surface area contributed by atoms with E-state index in [2.05, 4.69) is 33.1 Å². The summed E-state index contributed by atoms with van der Waals surface area (Å²) in [6.45, 7) is 21.6. The van der Waals surface area contributed by atoms with Gasteiger partial charge in [-0.3, -0.25) is 19.6 Å². The van der Waals surface area contributed by atoms with Crippen LogP contribution in [-0.4, -0.2) is 125 Å². The standard InChI is InChI=1S/2C30H28ClFN6O3/c2*1-5-21(39)36-12-13-37-18(14-36)15-41-27-22-28(37)35-30(40)38(26-17(4)10-11-33-24(26)16(2)3)29(22)34-25(23(27)31)19-8-6-7-9-20(19)32/h2*5-11,16,18H,1,12-15H2,2-4H3/t2*18-/m11/s1. The highest BCUT2D eigenvalue weighted by molar-refractivity contribution is 6.36. The lowest BCUT2D eigenvalue weighted by Crippen LogP contribution is -2.56. The average Bonchev–Trinajstić information content (AvgIpc) is 2.18. The second-order valence-corrected chi connectivity index (χ2v) is 21.8. The largest absolute Gasteiger partial charge is 0.489 e. The maximum Gasteiger partial charge on any atom is 0.355 e. The van der Waals surface area contributed by atoms with Crippen molar-refractivity contribution in [1.82, 2.24) is 48.8 Å². The van der Waals surface area contributed by atoms with Crippen molar-refractivity contribution in [2.24, 2.45) is 0 Å². The Morgan fingerprint density at radius 3 is 1.37 bits per heavy atom. The molecule has 2 aromatic carbocycles. The van der Waals surface area contributed by atoms with Crippen LogP contribution in [0.25, 0.3) is 56.0 Å². The molecule has 8 aromatic rings. The summed E-state index contributed by atoms with van der Waals surface area (Å²) in [6, 6.07) is 15.4. The molecule has 22 heteroatoms. The number of aryl methyl sites for hydroxylation is 2. The van der Waals surface area contributed by atoms with E-state index in [0.717, 1.165) is 11.1 Å². The Morgan fingerprint density at radius 2 is 1.00 bits per heavy atom. The van der Waals surface area contributed by atoms with Crippen molar-refractivity contribution in [3.8, 4) is 45.4 Å². The van der Waals surface area contributed by atoms with Gasteiger partial charge in [0.1, 0.15) is 57.3 Å². The molecule has 6 aromatic heterocycles. The number of fused-ring (bicyclic) bond motifs is 4. The van der Waals surface area contributed by atoms with Gasteiger partial charge in [0.05, 0.1) is 46.2 Å². The normalized spacial score (nSPS) is 16.4. The Morgan fingerprint density at radius 1 is 0.610 bits per heavy atom. The van der Waals surface area contributed by atoms with Crippen molar-refractivity contribution in [3.05, 3.63) is 164 Å². The third kappa shape index (κ3) is 9.45. The number of rotatable bonds is 8. The SMILES string of the molecule is C=CC(=O)N1CCN2c3nc(=O)n(-c4c(C)ccnc4C(C)C)c4nc(-c5ccccc5F)c(Cl)c(c34)OC[C@H]2C1.C=CC(=O)N1CCN2c3nc(=O)n(-c4c(C)ccnc4C(C)C)c4nc(-c5ccccc5F)c(Cl)c(c34)OC[C@H]2C1. The molecule has 4 aliphatic heterocycles. The van der Waals surface area contributed by atoms with Gasteiger partial charge in [0.2, 0.25) is 11.8 Å². The zero-order chi connectivity index (χ0) is 58.0. The molecular formula is C60H56Cl2F2N12O6. The minimum Gasteiger partial charge on any atom is -0.489 e.